The first-order valence-corrected chi connectivity index (χ1v) is 22.0. The van der Waals surface area contributed by atoms with Gasteiger partial charge in [0.15, 0.2) is 0 Å². The van der Waals surface area contributed by atoms with Crippen molar-refractivity contribution in [3.63, 3.8) is 0 Å². The van der Waals surface area contributed by atoms with Crippen LogP contribution < -0.4 is 9.47 Å². The molecule has 0 radical (unpaired) electrons. The van der Waals surface area contributed by atoms with Crippen LogP contribution in [0.15, 0.2) is 133 Å². The molecule has 8 nitrogen and oxygen atoms in total. The maximum Gasteiger partial charge on any atom is 0.259 e. The Morgan fingerprint density at radius 3 is 1.80 bits per heavy atom. The van der Waals surface area contributed by atoms with Gasteiger partial charge in [-0.2, -0.15) is 5.26 Å². The molecule has 9 heteroatoms. The molecule has 7 aromatic rings. The van der Waals surface area contributed by atoms with Crippen LogP contribution in [0.5, 0.6) is 11.5 Å². The van der Waals surface area contributed by atoms with E-state index in [4.69, 9.17) is 23.3 Å². The van der Waals surface area contributed by atoms with Crippen LogP contribution in [-0.2, 0) is 25.9 Å². The van der Waals surface area contributed by atoms with E-state index in [1.54, 1.807) is 14.2 Å². The molecule has 308 valence electrons. The van der Waals surface area contributed by atoms with Crippen molar-refractivity contribution in [1.82, 2.24) is 9.57 Å². The van der Waals surface area contributed by atoms with E-state index in [0.717, 1.165) is 28.2 Å². The summed E-state index contributed by atoms with van der Waals surface area (Å²) in [7, 11) is 1.81. The summed E-state index contributed by atoms with van der Waals surface area (Å²) in [6.45, 7) is 10.9. The van der Waals surface area contributed by atoms with Crippen molar-refractivity contribution in [2.45, 2.75) is 70.6 Å². The topological polar surface area (TPSA) is 76.4 Å². The first-order valence-electron chi connectivity index (χ1n) is 20.9. The third-order valence-corrected chi connectivity index (χ3v) is 13.8. The largest absolute Gasteiger partial charge is 0.497 e. The van der Waals surface area contributed by atoms with Crippen LogP contribution >= 0.6 is 8.53 Å². The van der Waals surface area contributed by atoms with Gasteiger partial charge in [-0.3, -0.25) is 4.90 Å². The van der Waals surface area contributed by atoms with Crippen LogP contribution in [0.3, 0.4) is 0 Å². The zero-order valence-electron chi connectivity index (χ0n) is 35.4. The van der Waals surface area contributed by atoms with E-state index in [2.05, 4.69) is 146 Å². The molecule has 0 aromatic heterocycles. The molecule has 3 atom stereocenters. The minimum Gasteiger partial charge on any atom is -0.497 e. The van der Waals surface area contributed by atoms with Gasteiger partial charge in [0.2, 0.25) is 0 Å². The highest BCUT2D eigenvalue weighted by molar-refractivity contribution is 7.44. The van der Waals surface area contributed by atoms with Crippen molar-refractivity contribution < 1.29 is 23.3 Å². The van der Waals surface area contributed by atoms with Crippen LogP contribution in [0, 0.1) is 11.3 Å². The van der Waals surface area contributed by atoms with Crippen LogP contribution in [0.1, 0.15) is 56.4 Å². The third kappa shape index (κ3) is 8.19. The van der Waals surface area contributed by atoms with Gasteiger partial charge < -0.3 is 23.3 Å². The van der Waals surface area contributed by atoms with Crippen molar-refractivity contribution in [2.75, 3.05) is 33.9 Å². The first kappa shape index (κ1) is 41.6. The Labute approximate surface area is 355 Å². The molecule has 0 bridgehead atoms. The lowest BCUT2D eigenvalue weighted by atomic mass is 9.79. The molecular formula is C51H54N3O5P. The first-order chi connectivity index (χ1) is 29.2. The van der Waals surface area contributed by atoms with Crippen LogP contribution in [-0.4, -0.2) is 67.8 Å². The van der Waals surface area contributed by atoms with Crippen LogP contribution in [0.25, 0.3) is 32.3 Å². The van der Waals surface area contributed by atoms with E-state index in [1.165, 1.54) is 37.9 Å². The highest BCUT2D eigenvalue weighted by atomic mass is 31.2. The predicted octanol–water partition coefficient (Wildman–Crippen LogP) is 11.5. The second-order valence-electron chi connectivity index (χ2n) is 16.1. The highest BCUT2D eigenvalue weighted by Crippen LogP contribution is 2.50. The number of rotatable bonds is 17. The molecule has 0 aliphatic carbocycles. The fraction of sp³-hybridized carbons (Fsp3) is 0.314. The molecule has 1 saturated heterocycles. The molecule has 0 saturated carbocycles. The molecular weight excluding hydrogens is 766 g/mol. The summed E-state index contributed by atoms with van der Waals surface area (Å²) in [6.07, 6.45) is -0.499. The summed E-state index contributed by atoms with van der Waals surface area (Å²) in [5.74, 6) is 1.53. The normalized spacial score (nSPS) is 16.7. The smallest absolute Gasteiger partial charge is 0.259 e. The van der Waals surface area contributed by atoms with Crippen molar-refractivity contribution in [1.29, 1.82) is 5.26 Å². The lowest BCUT2D eigenvalue weighted by molar-refractivity contribution is -0.0780. The number of hydrogen-bond donors (Lipinski definition) is 0. The van der Waals surface area contributed by atoms with Gasteiger partial charge in [-0.05, 0) is 107 Å². The van der Waals surface area contributed by atoms with Gasteiger partial charge in [-0.25, -0.2) is 4.67 Å². The summed E-state index contributed by atoms with van der Waals surface area (Å²) in [4.78, 5) is 2.47. The number of hydrogen-bond acceptors (Lipinski definition) is 8. The Hall–Kier alpha value is -5.10. The Bertz CT molecular complexity index is 2470. The van der Waals surface area contributed by atoms with Gasteiger partial charge in [0.1, 0.15) is 29.3 Å². The third-order valence-electron chi connectivity index (χ3n) is 11.7. The summed E-state index contributed by atoms with van der Waals surface area (Å²) < 4.78 is 35.2. The van der Waals surface area contributed by atoms with E-state index in [0.29, 0.717) is 19.6 Å². The SMILES string of the molecule is COc1ccc(C(O[C@@H]2CN(Cc3ccc4ccc5cccc6ccc3c4c56)C[C@H]2OP(OCCC#N)N(C(C)C)C(C)C)(c2ccccc2)c2ccc(OC)cc2)cc1. The number of likely N-dealkylation sites (tertiary alicyclic amines) is 1. The van der Waals surface area contributed by atoms with Gasteiger partial charge in [0, 0.05) is 31.7 Å². The van der Waals surface area contributed by atoms with Gasteiger partial charge in [-0.1, -0.05) is 109 Å². The highest BCUT2D eigenvalue weighted by Gasteiger charge is 2.47. The summed E-state index contributed by atoms with van der Waals surface area (Å²) >= 11 is 0. The minimum absolute atomic E-state index is 0.147. The van der Waals surface area contributed by atoms with E-state index in [1.807, 2.05) is 30.3 Å². The number of ether oxygens (including phenoxy) is 3. The molecule has 1 heterocycles. The van der Waals surface area contributed by atoms with E-state index < -0.39 is 20.2 Å². The van der Waals surface area contributed by atoms with E-state index in [9.17, 15) is 5.26 Å². The quantitative estimate of drug-likeness (QED) is 0.0389. The monoisotopic (exact) mass is 819 g/mol. The van der Waals surface area contributed by atoms with Crippen molar-refractivity contribution in [2.24, 2.45) is 0 Å². The molecule has 1 fully saturated rings. The van der Waals surface area contributed by atoms with E-state index >= 15 is 0 Å². The number of benzene rings is 7. The second-order valence-corrected chi connectivity index (χ2v) is 17.5. The zero-order chi connectivity index (χ0) is 41.8. The summed E-state index contributed by atoms with van der Waals surface area (Å²) in [5, 5.41) is 17.1. The average molecular weight is 820 g/mol. The summed E-state index contributed by atoms with van der Waals surface area (Å²) in [6, 6.07) is 49.5. The maximum atomic E-state index is 9.50. The Morgan fingerprint density at radius 2 is 1.22 bits per heavy atom. The molecule has 0 amide bonds. The Kier molecular flexibility index (Phi) is 12.7. The molecule has 1 aliphatic rings. The van der Waals surface area contributed by atoms with Crippen molar-refractivity contribution in [3.05, 3.63) is 156 Å². The molecule has 8 rings (SSSR count). The Balaban J connectivity index is 1.24. The molecule has 1 unspecified atom stereocenters. The van der Waals surface area contributed by atoms with Gasteiger partial charge in [-0.15, -0.1) is 0 Å². The molecule has 0 spiro atoms. The lowest BCUT2D eigenvalue weighted by Gasteiger charge is -2.41. The Morgan fingerprint density at radius 1 is 0.667 bits per heavy atom. The zero-order valence-corrected chi connectivity index (χ0v) is 36.3. The standard InChI is InChI=1S/C51H54N3O5P/c1-35(2)54(36(3)4)60(57-31-11-30-52)59-48-34-53(32-40-19-18-39-17-16-37-12-10-13-38-20-29-46(40)50(39)49(37)38)33-47(48)58-51(41-14-8-7-9-15-41,42-21-25-44(55-5)26-22-42)43-23-27-45(56-6)28-24-43/h7-10,12-29,35-36,47-48H,11,31-34H2,1-6H3/t47-,48-,60?/m1/s1. The number of methoxy groups -OCH3 is 2. The maximum absolute atomic E-state index is 9.50. The van der Waals surface area contributed by atoms with Gasteiger partial charge >= 0.3 is 0 Å². The molecule has 7 aromatic carbocycles. The van der Waals surface area contributed by atoms with Gasteiger partial charge in [0.25, 0.3) is 8.53 Å². The minimum atomic E-state index is -1.56. The average Bonchev–Trinajstić information content (AvgIpc) is 3.64. The molecule has 0 N–H and O–H groups in total. The van der Waals surface area contributed by atoms with Crippen LogP contribution in [0.4, 0.5) is 0 Å². The molecule has 1 aliphatic heterocycles. The van der Waals surface area contributed by atoms with Crippen LogP contribution in [0.2, 0.25) is 0 Å². The number of nitrogens with zero attached hydrogens (tertiary/aromatic N) is 3. The van der Waals surface area contributed by atoms with Crippen molar-refractivity contribution in [3.8, 4) is 17.6 Å². The fourth-order valence-electron chi connectivity index (χ4n) is 9.00. The molecule has 60 heavy (non-hydrogen) atoms. The predicted molar refractivity (Wildman–Crippen MR) is 243 cm³/mol. The summed E-state index contributed by atoms with van der Waals surface area (Å²) in [5.41, 5.74) is 3.13. The number of nitriles is 1. The van der Waals surface area contributed by atoms with E-state index in [-0.39, 0.29) is 31.2 Å². The lowest BCUT2D eigenvalue weighted by Crippen LogP contribution is -2.42. The van der Waals surface area contributed by atoms with Gasteiger partial charge in [0.05, 0.1) is 33.3 Å². The van der Waals surface area contributed by atoms with Crippen molar-refractivity contribution >= 4 is 40.8 Å². The second kappa shape index (κ2) is 18.3. The fourth-order valence-corrected chi connectivity index (χ4v) is 10.7.